The molecule has 0 spiro atoms. The van der Waals surface area contributed by atoms with Crippen molar-refractivity contribution in [3.05, 3.63) is 36.5 Å². The van der Waals surface area contributed by atoms with Gasteiger partial charge in [-0.2, -0.15) is 0 Å². The molecule has 3 nitrogen and oxygen atoms in total. The number of anilines is 1. The summed E-state index contributed by atoms with van der Waals surface area (Å²) in [6.45, 7) is 9.99. The molecule has 0 saturated heterocycles. The minimum atomic E-state index is 0.366. The first-order valence-electron chi connectivity index (χ1n) is 6.83. The van der Waals surface area contributed by atoms with Gasteiger partial charge in [-0.1, -0.05) is 19.1 Å². The molecule has 1 saturated carbocycles. The van der Waals surface area contributed by atoms with Crippen LogP contribution in [-0.2, 0) is 0 Å². The van der Waals surface area contributed by atoms with Crippen LogP contribution in [0.15, 0.2) is 31.0 Å². The fourth-order valence-electron chi connectivity index (χ4n) is 2.20. The minimum absolute atomic E-state index is 0.366. The van der Waals surface area contributed by atoms with E-state index in [1.54, 1.807) is 0 Å². The molecule has 1 N–H and O–H groups in total. The molecular weight excluding hydrogens is 222 g/mol. The Hall–Kier alpha value is -1.35. The van der Waals surface area contributed by atoms with Crippen LogP contribution in [0.25, 0.3) is 0 Å². The number of nitrogens with one attached hydrogen (secondary N) is 1. The van der Waals surface area contributed by atoms with Crippen LogP contribution >= 0.6 is 0 Å². The zero-order valence-electron chi connectivity index (χ0n) is 11.4. The van der Waals surface area contributed by atoms with Gasteiger partial charge in [0.2, 0.25) is 0 Å². The van der Waals surface area contributed by atoms with Crippen molar-refractivity contribution in [2.75, 3.05) is 18.0 Å². The van der Waals surface area contributed by atoms with Crippen LogP contribution in [0.2, 0.25) is 0 Å². The second-order valence-corrected chi connectivity index (χ2v) is 4.90. The lowest BCUT2D eigenvalue weighted by Crippen LogP contribution is -2.26. The molecule has 0 radical (unpaired) electrons. The monoisotopic (exact) mass is 245 g/mol. The van der Waals surface area contributed by atoms with Gasteiger partial charge < -0.3 is 10.2 Å². The fraction of sp³-hybridized carbons (Fsp3) is 0.533. The number of nitrogens with zero attached hydrogens (tertiary/aromatic N) is 2. The Kier molecular flexibility index (Phi) is 4.37. The first-order valence-corrected chi connectivity index (χ1v) is 6.83. The molecule has 1 fully saturated rings. The summed E-state index contributed by atoms with van der Waals surface area (Å²) >= 11 is 0. The zero-order chi connectivity index (χ0) is 13.0. The standard InChI is InChI=1S/C15H23N3/c1-4-10-18(14-7-8-14)15-9-6-13(11-17-15)12(3)16-5-2/h4,6,9,11-12,14,16H,1,5,7-8,10H2,2-3H3. The lowest BCUT2D eigenvalue weighted by molar-refractivity contribution is 0.596. The third-order valence-corrected chi connectivity index (χ3v) is 3.39. The molecular formula is C15H23N3. The number of hydrogen-bond donors (Lipinski definition) is 1. The van der Waals surface area contributed by atoms with E-state index in [1.807, 2.05) is 12.3 Å². The summed E-state index contributed by atoms with van der Waals surface area (Å²) in [6, 6.07) is 5.34. The predicted molar refractivity (Wildman–Crippen MR) is 76.9 cm³/mol. The average Bonchev–Trinajstić information content (AvgIpc) is 3.21. The van der Waals surface area contributed by atoms with E-state index in [-0.39, 0.29) is 0 Å². The number of aromatic nitrogens is 1. The van der Waals surface area contributed by atoms with E-state index >= 15 is 0 Å². The van der Waals surface area contributed by atoms with Crippen molar-refractivity contribution < 1.29 is 0 Å². The summed E-state index contributed by atoms with van der Waals surface area (Å²) in [5.74, 6) is 1.07. The van der Waals surface area contributed by atoms with E-state index < -0.39 is 0 Å². The van der Waals surface area contributed by atoms with E-state index in [0.717, 1.165) is 18.9 Å². The SMILES string of the molecule is C=CCN(c1ccc(C(C)NCC)cn1)C1CC1. The van der Waals surface area contributed by atoms with Crippen molar-refractivity contribution >= 4 is 5.82 Å². The summed E-state index contributed by atoms with van der Waals surface area (Å²) in [5, 5.41) is 3.40. The number of pyridine rings is 1. The highest BCUT2D eigenvalue weighted by Gasteiger charge is 2.29. The van der Waals surface area contributed by atoms with Crippen LogP contribution < -0.4 is 10.2 Å². The Bertz CT molecular complexity index is 381. The summed E-state index contributed by atoms with van der Waals surface area (Å²) in [4.78, 5) is 6.94. The molecule has 0 aromatic carbocycles. The first-order chi connectivity index (χ1) is 8.76. The molecule has 2 rings (SSSR count). The van der Waals surface area contributed by atoms with E-state index in [9.17, 15) is 0 Å². The Morgan fingerprint density at radius 3 is 2.83 bits per heavy atom. The summed E-state index contributed by atoms with van der Waals surface area (Å²) in [6.07, 6.45) is 6.51. The van der Waals surface area contributed by atoms with Crippen molar-refractivity contribution in [1.29, 1.82) is 0 Å². The van der Waals surface area contributed by atoms with Gasteiger partial charge in [-0.05, 0) is 37.9 Å². The van der Waals surface area contributed by atoms with Gasteiger partial charge in [0, 0.05) is 24.8 Å². The molecule has 1 heterocycles. The van der Waals surface area contributed by atoms with Crippen LogP contribution in [-0.4, -0.2) is 24.1 Å². The summed E-state index contributed by atoms with van der Waals surface area (Å²) in [5.41, 5.74) is 1.25. The van der Waals surface area contributed by atoms with Gasteiger partial charge in [-0.25, -0.2) is 4.98 Å². The number of rotatable bonds is 7. The zero-order valence-corrected chi connectivity index (χ0v) is 11.4. The van der Waals surface area contributed by atoms with Gasteiger partial charge in [0.25, 0.3) is 0 Å². The highest BCUT2D eigenvalue weighted by molar-refractivity contribution is 5.43. The average molecular weight is 245 g/mol. The third kappa shape index (κ3) is 3.10. The largest absolute Gasteiger partial charge is 0.350 e. The molecule has 1 aliphatic rings. The van der Waals surface area contributed by atoms with E-state index in [2.05, 4.69) is 47.8 Å². The van der Waals surface area contributed by atoms with Crippen LogP contribution in [0.4, 0.5) is 5.82 Å². The second-order valence-electron chi connectivity index (χ2n) is 4.90. The molecule has 1 aromatic rings. The molecule has 1 atom stereocenters. The van der Waals surface area contributed by atoms with Crippen molar-refractivity contribution in [2.45, 2.75) is 38.8 Å². The fourth-order valence-corrected chi connectivity index (χ4v) is 2.20. The Morgan fingerprint density at radius 2 is 2.33 bits per heavy atom. The highest BCUT2D eigenvalue weighted by Crippen LogP contribution is 2.30. The summed E-state index contributed by atoms with van der Waals surface area (Å²) < 4.78 is 0. The Labute approximate surface area is 110 Å². The van der Waals surface area contributed by atoms with Crippen LogP contribution in [0.3, 0.4) is 0 Å². The van der Waals surface area contributed by atoms with E-state index in [4.69, 9.17) is 0 Å². The molecule has 0 aliphatic heterocycles. The van der Waals surface area contributed by atoms with Gasteiger partial charge in [0.1, 0.15) is 5.82 Å². The predicted octanol–water partition coefficient (Wildman–Crippen LogP) is 2.91. The number of hydrogen-bond acceptors (Lipinski definition) is 3. The molecule has 1 unspecified atom stereocenters. The van der Waals surface area contributed by atoms with Crippen LogP contribution in [0.1, 0.15) is 38.3 Å². The Morgan fingerprint density at radius 1 is 1.56 bits per heavy atom. The topological polar surface area (TPSA) is 28.2 Å². The molecule has 3 heteroatoms. The molecule has 0 bridgehead atoms. The quantitative estimate of drug-likeness (QED) is 0.749. The van der Waals surface area contributed by atoms with Crippen LogP contribution in [0, 0.1) is 0 Å². The van der Waals surface area contributed by atoms with E-state index in [1.165, 1.54) is 18.4 Å². The highest BCUT2D eigenvalue weighted by atomic mass is 15.2. The van der Waals surface area contributed by atoms with Gasteiger partial charge in [-0.15, -0.1) is 6.58 Å². The first kappa shape index (κ1) is 13.1. The smallest absolute Gasteiger partial charge is 0.129 e. The van der Waals surface area contributed by atoms with Crippen molar-refractivity contribution in [3.8, 4) is 0 Å². The van der Waals surface area contributed by atoms with Gasteiger partial charge in [0.05, 0.1) is 0 Å². The third-order valence-electron chi connectivity index (χ3n) is 3.39. The maximum atomic E-state index is 4.60. The summed E-state index contributed by atoms with van der Waals surface area (Å²) in [7, 11) is 0. The minimum Gasteiger partial charge on any atom is -0.350 e. The van der Waals surface area contributed by atoms with Crippen molar-refractivity contribution in [2.24, 2.45) is 0 Å². The normalized spacial score (nSPS) is 16.3. The van der Waals surface area contributed by atoms with Gasteiger partial charge in [-0.3, -0.25) is 0 Å². The molecule has 1 aromatic heterocycles. The van der Waals surface area contributed by atoms with Gasteiger partial charge in [0.15, 0.2) is 0 Å². The van der Waals surface area contributed by atoms with Crippen LogP contribution in [0.5, 0.6) is 0 Å². The lowest BCUT2D eigenvalue weighted by atomic mass is 10.1. The molecule has 1 aliphatic carbocycles. The lowest BCUT2D eigenvalue weighted by Gasteiger charge is -2.22. The van der Waals surface area contributed by atoms with Crippen molar-refractivity contribution in [3.63, 3.8) is 0 Å². The maximum absolute atomic E-state index is 4.60. The molecule has 98 valence electrons. The molecule has 18 heavy (non-hydrogen) atoms. The van der Waals surface area contributed by atoms with Crippen molar-refractivity contribution in [1.82, 2.24) is 10.3 Å². The Balaban J connectivity index is 2.07. The molecule has 0 amide bonds. The second kappa shape index (κ2) is 6.01. The van der Waals surface area contributed by atoms with E-state index in [0.29, 0.717) is 12.1 Å². The van der Waals surface area contributed by atoms with Gasteiger partial charge >= 0.3 is 0 Å². The maximum Gasteiger partial charge on any atom is 0.129 e.